The normalized spacial score (nSPS) is 22.8. The summed E-state index contributed by atoms with van der Waals surface area (Å²) < 4.78 is 11.5. The van der Waals surface area contributed by atoms with Crippen molar-refractivity contribution in [3.63, 3.8) is 0 Å². The first-order valence-electron chi connectivity index (χ1n) is 11.6. The van der Waals surface area contributed by atoms with E-state index in [4.69, 9.17) is 9.47 Å². The van der Waals surface area contributed by atoms with Gasteiger partial charge in [-0.1, -0.05) is 24.3 Å². The molecule has 3 heterocycles. The molecule has 2 aromatic rings. The summed E-state index contributed by atoms with van der Waals surface area (Å²) in [5.41, 5.74) is 1.69. The van der Waals surface area contributed by atoms with Gasteiger partial charge in [0, 0.05) is 26.2 Å². The third kappa shape index (κ3) is 4.37. The maximum absolute atomic E-state index is 13.5. The van der Waals surface area contributed by atoms with Crippen LogP contribution in [0.5, 0.6) is 11.5 Å². The van der Waals surface area contributed by atoms with Gasteiger partial charge in [-0.05, 0) is 67.5 Å². The van der Waals surface area contributed by atoms with E-state index in [1.165, 1.54) is 0 Å². The molecule has 1 unspecified atom stereocenters. The highest BCUT2D eigenvalue weighted by Gasteiger charge is 2.43. The van der Waals surface area contributed by atoms with Crippen LogP contribution in [0, 0.1) is 11.3 Å². The Kier molecular flexibility index (Phi) is 5.87. The molecule has 6 heteroatoms. The van der Waals surface area contributed by atoms with E-state index in [9.17, 15) is 9.59 Å². The largest absolute Gasteiger partial charge is 0.457 e. The molecule has 2 amide bonds. The fourth-order valence-corrected chi connectivity index (χ4v) is 5.14. The summed E-state index contributed by atoms with van der Waals surface area (Å²) in [5.74, 6) is 1.83. The van der Waals surface area contributed by atoms with Crippen molar-refractivity contribution in [2.45, 2.75) is 32.1 Å². The minimum atomic E-state index is -0.520. The zero-order chi connectivity index (χ0) is 22.0. The van der Waals surface area contributed by atoms with Crippen molar-refractivity contribution in [2.24, 2.45) is 11.3 Å². The van der Waals surface area contributed by atoms with Gasteiger partial charge in [-0.15, -0.1) is 0 Å². The summed E-state index contributed by atoms with van der Waals surface area (Å²) >= 11 is 0. The van der Waals surface area contributed by atoms with E-state index >= 15 is 0 Å². The number of piperidine rings is 1. The maximum atomic E-state index is 13.5. The van der Waals surface area contributed by atoms with Crippen molar-refractivity contribution in [1.82, 2.24) is 10.2 Å². The van der Waals surface area contributed by atoms with E-state index < -0.39 is 5.41 Å². The molecule has 4 bridgehead atoms. The van der Waals surface area contributed by atoms with Crippen molar-refractivity contribution >= 4 is 11.8 Å². The lowest BCUT2D eigenvalue weighted by molar-refractivity contribution is -0.143. The van der Waals surface area contributed by atoms with E-state index in [1.54, 1.807) is 0 Å². The molecule has 0 saturated carbocycles. The topological polar surface area (TPSA) is 67.9 Å². The number of likely N-dealkylation sites (tertiary alicyclic amines) is 1. The number of rotatable bonds is 1. The third-order valence-corrected chi connectivity index (χ3v) is 7.07. The van der Waals surface area contributed by atoms with Gasteiger partial charge < -0.3 is 19.7 Å². The fraction of sp³-hybridized carbons (Fsp3) is 0.462. The summed E-state index contributed by atoms with van der Waals surface area (Å²) in [4.78, 5) is 28.3. The molecule has 0 aromatic heterocycles. The lowest BCUT2D eigenvalue weighted by Crippen LogP contribution is -2.52. The predicted octanol–water partition coefficient (Wildman–Crippen LogP) is 3.34. The number of carbonyl (C=O) groups excluding carboxylic acids is 2. The summed E-state index contributed by atoms with van der Waals surface area (Å²) in [7, 11) is 0. The molecule has 5 rings (SSSR count). The summed E-state index contributed by atoms with van der Waals surface area (Å²) in [6.07, 6.45) is 3.52. The maximum Gasteiger partial charge on any atom is 0.228 e. The van der Waals surface area contributed by atoms with Crippen molar-refractivity contribution < 1.29 is 19.1 Å². The van der Waals surface area contributed by atoms with Gasteiger partial charge in [-0.25, -0.2) is 0 Å². The van der Waals surface area contributed by atoms with Crippen LogP contribution in [0.15, 0.2) is 48.5 Å². The highest BCUT2D eigenvalue weighted by atomic mass is 16.5. The fourth-order valence-electron chi connectivity index (χ4n) is 5.14. The van der Waals surface area contributed by atoms with E-state index in [1.807, 2.05) is 41.3 Å². The van der Waals surface area contributed by atoms with Gasteiger partial charge in [0.15, 0.2) is 0 Å². The number of carbonyl (C=O) groups is 2. The first kappa shape index (κ1) is 21.0. The highest BCUT2D eigenvalue weighted by Crippen LogP contribution is 2.37. The zero-order valence-electron chi connectivity index (χ0n) is 18.3. The molecule has 6 nitrogen and oxygen atoms in total. The van der Waals surface area contributed by atoms with Crippen LogP contribution >= 0.6 is 0 Å². The molecular weight excluding hydrogens is 404 g/mol. The Morgan fingerprint density at radius 3 is 2.47 bits per heavy atom. The Bertz CT molecular complexity index is 991. The summed E-state index contributed by atoms with van der Waals surface area (Å²) in [6.45, 7) is 3.00. The van der Waals surface area contributed by atoms with Crippen molar-refractivity contribution in [3.8, 4) is 11.5 Å². The van der Waals surface area contributed by atoms with Crippen LogP contribution in [0.1, 0.15) is 30.4 Å². The zero-order valence-corrected chi connectivity index (χ0v) is 18.3. The SMILES string of the molecule is O=C(C1CCOC1)N1CCC2(CC1)Cc1cccc(c1)Oc1cccc(c1)CCNC2=O. The molecule has 0 aliphatic carbocycles. The Balaban J connectivity index is 1.38. The monoisotopic (exact) mass is 434 g/mol. The van der Waals surface area contributed by atoms with Crippen molar-refractivity contribution in [1.29, 1.82) is 0 Å². The number of nitrogens with zero attached hydrogens (tertiary/aromatic N) is 1. The van der Waals surface area contributed by atoms with Crippen LogP contribution < -0.4 is 10.1 Å². The minimum Gasteiger partial charge on any atom is -0.457 e. The number of hydrogen-bond donors (Lipinski definition) is 1. The number of nitrogens with one attached hydrogen (secondary N) is 1. The summed E-state index contributed by atoms with van der Waals surface area (Å²) in [6, 6.07) is 16.1. The second-order valence-electron chi connectivity index (χ2n) is 9.25. The number of ether oxygens (including phenoxy) is 2. The van der Waals surface area contributed by atoms with Gasteiger partial charge in [-0.3, -0.25) is 9.59 Å². The first-order valence-corrected chi connectivity index (χ1v) is 11.6. The molecule has 32 heavy (non-hydrogen) atoms. The number of fused-ring (bicyclic) bond motifs is 4. The molecule has 3 aliphatic heterocycles. The Morgan fingerprint density at radius 1 is 1.03 bits per heavy atom. The molecule has 1 spiro atoms. The van der Waals surface area contributed by atoms with Crippen LogP contribution in [0.4, 0.5) is 0 Å². The third-order valence-electron chi connectivity index (χ3n) is 7.07. The van der Waals surface area contributed by atoms with Gasteiger partial charge in [0.2, 0.25) is 11.8 Å². The van der Waals surface area contributed by atoms with Gasteiger partial charge in [-0.2, -0.15) is 0 Å². The number of hydrogen-bond acceptors (Lipinski definition) is 4. The van der Waals surface area contributed by atoms with E-state index in [0.717, 1.165) is 35.5 Å². The van der Waals surface area contributed by atoms with Crippen molar-refractivity contribution in [3.05, 3.63) is 59.7 Å². The van der Waals surface area contributed by atoms with Gasteiger partial charge in [0.1, 0.15) is 11.5 Å². The lowest BCUT2D eigenvalue weighted by Gasteiger charge is -2.41. The molecule has 2 aromatic carbocycles. The Hall–Kier alpha value is -2.86. The van der Waals surface area contributed by atoms with Crippen LogP contribution in [-0.2, 0) is 27.2 Å². The van der Waals surface area contributed by atoms with Crippen LogP contribution in [-0.4, -0.2) is 49.6 Å². The second kappa shape index (κ2) is 8.94. The second-order valence-corrected chi connectivity index (χ2v) is 9.25. The molecule has 0 radical (unpaired) electrons. The van der Waals surface area contributed by atoms with Crippen LogP contribution in [0.2, 0.25) is 0 Å². The predicted molar refractivity (Wildman–Crippen MR) is 121 cm³/mol. The van der Waals surface area contributed by atoms with E-state index in [0.29, 0.717) is 52.1 Å². The molecule has 3 aliphatic rings. The molecule has 2 fully saturated rings. The Labute approximate surface area is 188 Å². The molecule has 1 atom stereocenters. The first-order chi connectivity index (χ1) is 15.6. The molecular formula is C26H30N2O4. The van der Waals surface area contributed by atoms with E-state index in [2.05, 4.69) is 17.4 Å². The molecule has 168 valence electrons. The van der Waals surface area contributed by atoms with Crippen molar-refractivity contribution in [2.75, 3.05) is 32.8 Å². The Morgan fingerprint density at radius 2 is 1.75 bits per heavy atom. The van der Waals surface area contributed by atoms with Gasteiger partial charge in [0.05, 0.1) is 17.9 Å². The van der Waals surface area contributed by atoms with Crippen LogP contribution in [0.3, 0.4) is 0 Å². The lowest BCUT2D eigenvalue weighted by atomic mass is 9.72. The van der Waals surface area contributed by atoms with Crippen LogP contribution in [0.25, 0.3) is 0 Å². The van der Waals surface area contributed by atoms with E-state index in [-0.39, 0.29) is 17.7 Å². The standard InChI is InChI=1S/C26H30N2O4/c29-24(21-8-14-31-18-21)28-12-9-26(10-13-28)17-20-4-2-6-23(16-20)32-22-5-1-3-19(15-22)7-11-27-25(26)30/h1-6,15-16,21H,7-14,17-18H2,(H,27,30). The highest BCUT2D eigenvalue weighted by molar-refractivity contribution is 5.84. The number of amides is 2. The minimum absolute atomic E-state index is 0.0262. The average Bonchev–Trinajstić information content (AvgIpc) is 3.34. The van der Waals surface area contributed by atoms with Gasteiger partial charge in [0.25, 0.3) is 0 Å². The van der Waals surface area contributed by atoms with Gasteiger partial charge >= 0.3 is 0 Å². The summed E-state index contributed by atoms with van der Waals surface area (Å²) in [5, 5.41) is 3.19. The molecule has 1 N–H and O–H groups in total. The average molecular weight is 435 g/mol. The molecule has 2 saturated heterocycles. The quantitative estimate of drug-likeness (QED) is 0.748. The smallest absolute Gasteiger partial charge is 0.228 e. The number of benzene rings is 2.